The minimum Gasteiger partial charge on any atom is -0.494 e. The van der Waals surface area contributed by atoms with E-state index in [1.165, 1.54) is 17.7 Å². The number of fused-ring (bicyclic) bond motifs is 1. The lowest BCUT2D eigenvalue weighted by atomic mass is 10.1. The number of carbonyl (C=O) groups is 1. The van der Waals surface area contributed by atoms with Gasteiger partial charge in [-0.05, 0) is 51.1 Å². The van der Waals surface area contributed by atoms with Crippen molar-refractivity contribution in [2.75, 3.05) is 49.4 Å². The molecule has 2 aromatic carbocycles. The molecule has 2 aromatic heterocycles. The summed E-state index contributed by atoms with van der Waals surface area (Å²) in [5, 5.41) is 20.0. The van der Waals surface area contributed by atoms with Crippen LogP contribution in [0.2, 0.25) is 0 Å². The zero-order valence-corrected chi connectivity index (χ0v) is 23.6. The summed E-state index contributed by atoms with van der Waals surface area (Å²) in [4.78, 5) is 22.5. The van der Waals surface area contributed by atoms with E-state index in [0.29, 0.717) is 34.4 Å². The van der Waals surface area contributed by atoms with Crippen molar-refractivity contribution in [3.05, 3.63) is 53.9 Å². The summed E-state index contributed by atoms with van der Waals surface area (Å²) in [6.07, 6.45) is -2.01. The molecule has 4 aromatic rings. The van der Waals surface area contributed by atoms with Gasteiger partial charge in [0.25, 0.3) is 0 Å². The van der Waals surface area contributed by atoms with Crippen LogP contribution in [0.15, 0.2) is 42.6 Å². The molecule has 0 atom stereocenters. The Morgan fingerprint density at radius 2 is 1.88 bits per heavy atom. The molecule has 10 nitrogen and oxygen atoms in total. The minimum absolute atomic E-state index is 0.107. The predicted molar refractivity (Wildman–Crippen MR) is 155 cm³/mol. The molecule has 3 heterocycles. The van der Waals surface area contributed by atoms with Gasteiger partial charge in [-0.3, -0.25) is 9.69 Å². The van der Waals surface area contributed by atoms with Crippen LogP contribution >= 0.6 is 0 Å². The summed E-state index contributed by atoms with van der Waals surface area (Å²) in [6.45, 7) is 2.89. The molecule has 0 saturated carbocycles. The quantitative estimate of drug-likeness (QED) is 0.165. The highest BCUT2D eigenvalue weighted by Gasteiger charge is 2.36. The number of nitrogens with zero attached hydrogens (tertiary/aromatic N) is 4. The number of ether oxygens (including phenoxy) is 1. The average molecular weight is 602 g/mol. The number of anilines is 5. The van der Waals surface area contributed by atoms with E-state index in [9.17, 15) is 27.5 Å². The number of hydrogen-bond acceptors (Lipinski definition) is 8. The number of aromatic hydroxyl groups is 1. The summed E-state index contributed by atoms with van der Waals surface area (Å²) in [7, 11) is 1.42. The molecule has 14 heteroatoms. The Hall–Kier alpha value is -4.59. The maximum atomic E-state index is 14.0. The molecule has 0 aliphatic carbocycles. The van der Waals surface area contributed by atoms with Gasteiger partial charge < -0.3 is 30.4 Å². The monoisotopic (exact) mass is 601 g/mol. The summed E-state index contributed by atoms with van der Waals surface area (Å²) in [5.41, 5.74) is 0.433. The van der Waals surface area contributed by atoms with Crippen LogP contribution in [-0.4, -0.2) is 63.9 Å². The summed E-state index contributed by atoms with van der Waals surface area (Å²) in [6, 6.07) is 9.60. The average Bonchev–Trinajstić information content (AvgIpc) is 3.56. The summed E-state index contributed by atoms with van der Waals surface area (Å²) >= 11 is 0. The minimum atomic E-state index is -4.79. The van der Waals surface area contributed by atoms with Gasteiger partial charge in [0, 0.05) is 29.0 Å². The second-order valence-corrected chi connectivity index (χ2v) is 10.1. The number of halogens is 4. The first-order valence-electron chi connectivity index (χ1n) is 13.6. The highest BCUT2D eigenvalue weighted by molar-refractivity contribution is 6.01. The zero-order valence-electron chi connectivity index (χ0n) is 23.6. The van der Waals surface area contributed by atoms with Crippen LogP contribution in [0, 0.1) is 6.92 Å². The van der Waals surface area contributed by atoms with Crippen molar-refractivity contribution in [1.29, 1.82) is 0 Å². The predicted octanol–water partition coefficient (Wildman–Crippen LogP) is 5.96. The molecule has 4 N–H and O–H groups in total. The lowest BCUT2D eigenvalue weighted by Gasteiger charge is -2.17. The van der Waals surface area contributed by atoms with Gasteiger partial charge in [-0.2, -0.15) is 18.2 Å². The van der Waals surface area contributed by atoms with Gasteiger partial charge >= 0.3 is 6.18 Å². The smallest absolute Gasteiger partial charge is 0.421 e. The number of aromatic nitrogens is 3. The van der Waals surface area contributed by atoms with Crippen LogP contribution in [0.1, 0.15) is 24.1 Å². The van der Waals surface area contributed by atoms with Crippen LogP contribution in [0.5, 0.6) is 11.6 Å². The highest BCUT2D eigenvalue weighted by atomic mass is 19.4. The standard InChI is InChI=1S/C29H31F4N7O3/c1-17-19-6-5-7-22(25(19)27(42)40(17)13-10-30)36-26-20(29(31,32)33)15-34-28(38-26)37-21-9-8-18(14-23(21)43-2)35-24(41)16-39-11-3-4-12-39/h5-9,14-15,42H,3-4,10-13,16H2,1-2H3,(H,35,41)(H2,34,36,37,38). The Morgan fingerprint density at radius 3 is 2.58 bits per heavy atom. The highest BCUT2D eigenvalue weighted by Crippen LogP contribution is 2.41. The third-order valence-electron chi connectivity index (χ3n) is 7.29. The van der Waals surface area contributed by atoms with Gasteiger partial charge in [-0.25, -0.2) is 9.37 Å². The molecule has 5 rings (SSSR count). The van der Waals surface area contributed by atoms with Crippen molar-refractivity contribution in [2.24, 2.45) is 0 Å². The number of alkyl halides is 4. The van der Waals surface area contributed by atoms with E-state index in [-0.39, 0.29) is 41.9 Å². The first-order chi connectivity index (χ1) is 20.6. The molecule has 1 amide bonds. The first kappa shape index (κ1) is 29.9. The number of methoxy groups -OCH3 is 1. The maximum absolute atomic E-state index is 14.0. The van der Waals surface area contributed by atoms with Crippen molar-refractivity contribution in [2.45, 2.75) is 32.5 Å². The molecule has 0 spiro atoms. The number of amides is 1. The van der Waals surface area contributed by atoms with Crippen LogP contribution in [-0.2, 0) is 17.5 Å². The summed E-state index contributed by atoms with van der Waals surface area (Å²) in [5.74, 6) is -0.856. The van der Waals surface area contributed by atoms with Crippen LogP contribution in [0.25, 0.3) is 10.8 Å². The number of hydrogen-bond donors (Lipinski definition) is 4. The second-order valence-electron chi connectivity index (χ2n) is 10.1. The van der Waals surface area contributed by atoms with Crippen molar-refractivity contribution < 1.29 is 32.2 Å². The number of nitrogens with one attached hydrogen (secondary N) is 3. The molecule has 1 aliphatic rings. The van der Waals surface area contributed by atoms with Crippen LogP contribution in [0.3, 0.4) is 0 Å². The molecule has 43 heavy (non-hydrogen) atoms. The van der Waals surface area contributed by atoms with E-state index in [1.807, 2.05) is 0 Å². The van der Waals surface area contributed by atoms with Crippen molar-refractivity contribution in [1.82, 2.24) is 19.4 Å². The molecule has 1 saturated heterocycles. The van der Waals surface area contributed by atoms with E-state index in [2.05, 4.69) is 30.8 Å². The fraction of sp³-hybridized carbons (Fsp3) is 0.345. The summed E-state index contributed by atoms with van der Waals surface area (Å²) < 4.78 is 61.8. The normalized spacial score (nSPS) is 13.8. The van der Waals surface area contributed by atoms with Crippen molar-refractivity contribution in [3.63, 3.8) is 0 Å². The molecular formula is C29H31F4N7O3. The second kappa shape index (κ2) is 12.3. The van der Waals surface area contributed by atoms with E-state index in [4.69, 9.17) is 4.74 Å². The SMILES string of the molecule is COc1cc(NC(=O)CN2CCCC2)ccc1Nc1ncc(C(F)(F)F)c(Nc2cccc3c(C)n(CCF)c(O)c23)n1. The molecule has 0 unspecified atom stereocenters. The number of rotatable bonds is 10. The Labute approximate surface area is 244 Å². The fourth-order valence-corrected chi connectivity index (χ4v) is 5.21. The van der Waals surface area contributed by atoms with E-state index >= 15 is 0 Å². The van der Waals surface area contributed by atoms with Crippen LogP contribution < -0.4 is 20.7 Å². The van der Waals surface area contributed by atoms with Gasteiger partial charge in [0.15, 0.2) is 0 Å². The number of carbonyl (C=O) groups excluding carboxylic acids is 1. The number of benzene rings is 2. The lowest BCUT2D eigenvalue weighted by molar-refractivity contribution is -0.137. The Morgan fingerprint density at radius 1 is 1.12 bits per heavy atom. The van der Waals surface area contributed by atoms with E-state index in [0.717, 1.165) is 25.9 Å². The van der Waals surface area contributed by atoms with Crippen LogP contribution in [0.4, 0.5) is 46.4 Å². The fourth-order valence-electron chi connectivity index (χ4n) is 5.21. The van der Waals surface area contributed by atoms with Crippen molar-refractivity contribution in [3.8, 4) is 11.6 Å². The van der Waals surface area contributed by atoms with Gasteiger partial charge in [-0.15, -0.1) is 0 Å². The van der Waals surface area contributed by atoms with Crippen molar-refractivity contribution >= 4 is 45.5 Å². The lowest BCUT2D eigenvalue weighted by Crippen LogP contribution is -2.30. The Bertz CT molecular complexity index is 1630. The first-order valence-corrected chi connectivity index (χ1v) is 13.6. The van der Waals surface area contributed by atoms with E-state index < -0.39 is 24.2 Å². The molecule has 1 fully saturated rings. The number of likely N-dealkylation sites (tertiary alicyclic amines) is 1. The molecule has 0 radical (unpaired) electrons. The van der Waals surface area contributed by atoms with Gasteiger partial charge in [0.2, 0.25) is 17.7 Å². The largest absolute Gasteiger partial charge is 0.494 e. The third-order valence-corrected chi connectivity index (χ3v) is 7.29. The molecule has 1 aliphatic heterocycles. The molecule has 0 bridgehead atoms. The maximum Gasteiger partial charge on any atom is 0.421 e. The Balaban J connectivity index is 1.43. The number of aryl methyl sites for hydroxylation is 1. The van der Waals surface area contributed by atoms with Gasteiger partial charge in [0.1, 0.15) is 23.8 Å². The Kier molecular flexibility index (Phi) is 8.57. The zero-order chi connectivity index (χ0) is 30.7. The molecule has 228 valence electrons. The third kappa shape index (κ3) is 6.43. The molecular weight excluding hydrogens is 570 g/mol. The van der Waals surface area contributed by atoms with Gasteiger partial charge in [-0.1, -0.05) is 12.1 Å². The topological polar surface area (TPSA) is 117 Å². The van der Waals surface area contributed by atoms with Gasteiger partial charge in [0.05, 0.1) is 37.0 Å². The van der Waals surface area contributed by atoms with E-state index in [1.54, 1.807) is 37.3 Å².